The Morgan fingerprint density at radius 3 is 2.53 bits per heavy atom. The molecule has 0 saturated carbocycles. The highest BCUT2D eigenvalue weighted by Crippen LogP contribution is 2.61. The Morgan fingerprint density at radius 1 is 1.09 bits per heavy atom. The number of carbonyl (C=O) groups is 3. The third-order valence-corrected chi connectivity index (χ3v) is 10.2. The number of fused-ring (bicyclic) bond motifs is 2. The number of likely N-dealkylation sites (tertiary alicyclic amines) is 1. The van der Waals surface area contributed by atoms with E-state index in [1.54, 1.807) is 17.1 Å². The summed E-state index contributed by atoms with van der Waals surface area (Å²) in [7, 11) is 0. The second-order valence-electron chi connectivity index (χ2n) is 11.9. The number of halogens is 1. The Kier molecular flexibility index (Phi) is 8.95. The maximum absolute atomic E-state index is 15.0. The molecule has 0 aromatic heterocycles. The normalized spacial score (nSPS) is 27.3. The largest absolute Gasteiger partial charge is 0.465 e. The molecule has 3 aromatic carbocycles. The molecular weight excluding hydrogens is 636 g/mol. The van der Waals surface area contributed by atoms with Crippen molar-refractivity contribution in [2.75, 3.05) is 24.7 Å². The highest BCUT2D eigenvalue weighted by Gasteiger charge is 2.77. The van der Waals surface area contributed by atoms with Crippen molar-refractivity contribution < 1.29 is 29.0 Å². The zero-order valence-electron chi connectivity index (χ0n) is 25.0. The summed E-state index contributed by atoms with van der Waals surface area (Å²) in [5, 5.41) is 12.8. The van der Waals surface area contributed by atoms with Gasteiger partial charge in [-0.25, -0.2) is 0 Å². The molecule has 1 N–H and O–H groups in total. The summed E-state index contributed by atoms with van der Waals surface area (Å²) in [6.45, 7) is 7.55. The van der Waals surface area contributed by atoms with Crippen LogP contribution in [0.5, 0.6) is 0 Å². The minimum absolute atomic E-state index is 0.140. The molecule has 3 aliphatic rings. The van der Waals surface area contributed by atoms with E-state index < -0.39 is 41.6 Å². The van der Waals surface area contributed by atoms with Gasteiger partial charge in [0.05, 0.1) is 37.2 Å². The summed E-state index contributed by atoms with van der Waals surface area (Å²) < 4.78 is 12.3. The summed E-state index contributed by atoms with van der Waals surface area (Å²) in [6.07, 6.45) is 3.82. The molecule has 6 rings (SSSR count). The fourth-order valence-electron chi connectivity index (χ4n) is 7.43. The van der Waals surface area contributed by atoms with E-state index in [4.69, 9.17) is 9.47 Å². The van der Waals surface area contributed by atoms with E-state index in [9.17, 15) is 14.7 Å². The number of carbonyl (C=O) groups excluding carboxylic acids is 3. The summed E-state index contributed by atoms with van der Waals surface area (Å²) in [6, 6.07) is 21.4. The van der Waals surface area contributed by atoms with E-state index in [1.807, 2.05) is 72.8 Å². The number of ether oxygens (including phenoxy) is 2. The Morgan fingerprint density at radius 2 is 1.82 bits per heavy atom. The van der Waals surface area contributed by atoms with E-state index in [0.29, 0.717) is 24.9 Å². The average molecular weight is 674 g/mol. The van der Waals surface area contributed by atoms with Gasteiger partial charge in [0, 0.05) is 17.1 Å². The lowest BCUT2D eigenvalue weighted by molar-refractivity contribution is -0.155. The molecule has 7 atom stereocenters. The van der Waals surface area contributed by atoms with Crippen LogP contribution in [0.1, 0.15) is 18.4 Å². The van der Waals surface area contributed by atoms with E-state index in [1.165, 1.54) is 4.90 Å². The zero-order chi connectivity index (χ0) is 31.7. The van der Waals surface area contributed by atoms with Crippen LogP contribution in [0.25, 0.3) is 10.8 Å². The smallest absolute Gasteiger partial charge is 0.312 e. The monoisotopic (exact) mass is 672 g/mol. The first kappa shape index (κ1) is 31.2. The second-order valence-corrected chi connectivity index (χ2v) is 13.1. The Balaban J connectivity index is 1.45. The Hall–Kier alpha value is -3.79. The topological polar surface area (TPSA) is 96.4 Å². The van der Waals surface area contributed by atoms with E-state index in [2.05, 4.69) is 29.1 Å². The van der Waals surface area contributed by atoms with E-state index in [-0.39, 0.29) is 36.4 Å². The van der Waals surface area contributed by atoms with Crippen LogP contribution in [0, 0.1) is 11.8 Å². The third-order valence-electron chi connectivity index (χ3n) is 9.34. The van der Waals surface area contributed by atoms with Gasteiger partial charge in [-0.3, -0.25) is 14.4 Å². The summed E-state index contributed by atoms with van der Waals surface area (Å²) in [5.41, 5.74) is 0.263. The maximum Gasteiger partial charge on any atom is 0.312 e. The third kappa shape index (κ3) is 5.41. The summed E-state index contributed by atoms with van der Waals surface area (Å²) in [5.74, 6) is -3.10. The molecule has 1 spiro atoms. The van der Waals surface area contributed by atoms with Crippen LogP contribution in [-0.4, -0.2) is 76.2 Å². The Labute approximate surface area is 271 Å². The minimum Gasteiger partial charge on any atom is -0.465 e. The van der Waals surface area contributed by atoms with Gasteiger partial charge in [0.25, 0.3) is 5.91 Å². The average Bonchev–Trinajstić information content (AvgIpc) is 3.65. The van der Waals surface area contributed by atoms with Crippen molar-refractivity contribution in [3.63, 3.8) is 0 Å². The molecule has 3 saturated heterocycles. The van der Waals surface area contributed by atoms with Crippen molar-refractivity contribution in [1.82, 2.24) is 4.90 Å². The van der Waals surface area contributed by atoms with Gasteiger partial charge >= 0.3 is 5.97 Å². The fourth-order valence-corrected chi connectivity index (χ4v) is 8.37. The Bertz CT molecular complexity index is 1610. The van der Waals surface area contributed by atoms with Gasteiger partial charge in [0.1, 0.15) is 11.6 Å². The van der Waals surface area contributed by atoms with Crippen molar-refractivity contribution in [3.8, 4) is 0 Å². The lowest BCUT2D eigenvalue weighted by Gasteiger charge is -2.39. The van der Waals surface area contributed by atoms with Crippen LogP contribution in [0.15, 0.2) is 98.1 Å². The van der Waals surface area contributed by atoms with Gasteiger partial charge < -0.3 is 24.4 Å². The van der Waals surface area contributed by atoms with Crippen LogP contribution >= 0.6 is 15.9 Å². The lowest BCUT2D eigenvalue weighted by atomic mass is 9.70. The predicted octanol–water partition coefficient (Wildman–Crippen LogP) is 4.83. The standard InChI is InChI=1S/C36H37BrN2O6/c1-3-5-18-44-35(43)29-30-33(41)39(27(22-40)19-23-11-7-6-8-12-23)32(36(30)21-28(37)31(29)45-36)34(42)38(17-4-2)26-16-15-24-13-9-10-14-25(24)20-26/h3-4,6-16,20,27-32,40H,1-2,5,17-19,21-22H2/t27-,28?,29+,30+,31+,32?,36?/m1/s1. The van der Waals surface area contributed by atoms with Crippen molar-refractivity contribution >= 4 is 50.2 Å². The van der Waals surface area contributed by atoms with Gasteiger partial charge in [-0.1, -0.05) is 88.7 Å². The number of esters is 1. The van der Waals surface area contributed by atoms with Gasteiger partial charge in [-0.2, -0.15) is 0 Å². The number of alkyl halides is 1. The first-order chi connectivity index (χ1) is 21.8. The molecule has 0 aliphatic carbocycles. The number of nitrogens with zero attached hydrogens (tertiary/aromatic N) is 2. The summed E-state index contributed by atoms with van der Waals surface area (Å²) >= 11 is 3.71. The molecule has 3 unspecified atom stereocenters. The van der Waals surface area contributed by atoms with Gasteiger partial charge in [-0.05, 0) is 47.7 Å². The second kappa shape index (κ2) is 12.9. The molecular formula is C36H37BrN2O6. The first-order valence-electron chi connectivity index (χ1n) is 15.3. The molecule has 234 valence electrons. The molecule has 3 fully saturated rings. The van der Waals surface area contributed by atoms with Crippen molar-refractivity contribution in [2.45, 2.75) is 47.9 Å². The quantitative estimate of drug-likeness (QED) is 0.128. The van der Waals surface area contributed by atoms with Gasteiger partial charge in [-0.15, -0.1) is 13.2 Å². The van der Waals surface area contributed by atoms with Crippen LogP contribution in [-0.2, 0) is 30.3 Å². The first-order valence-corrected chi connectivity index (χ1v) is 16.2. The highest BCUT2D eigenvalue weighted by molar-refractivity contribution is 9.09. The van der Waals surface area contributed by atoms with Crippen LogP contribution in [0.3, 0.4) is 0 Å². The number of rotatable bonds is 12. The number of hydrogen-bond donors (Lipinski definition) is 1. The van der Waals surface area contributed by atoms with E-state index >= 15 is 4.79 Å². The molecule has 45 heavy (non-hydrogen) atoms. The number of hydrogen-bond acceptors (Lipinski definition) is 6. The number of benzene rings is 3. The van der Waals surface area contributed by atoms with Crippen LogP contribution in [0.4, 0.5) is 5.69 Å². The van der Waals surface area contributed by atoms with Crippen LogP contribution in [0.2, 0.25) is 0 Å². The van der Waals surface area contributed by atoms with Crippen LogP contribution < -0.4 is 4.90 Å². The molecule has 3 aromatic rings. The predicted molar refractivity (Wildman–Crippen MR) is 176 cm³/mol. The van der Waals surface area contributed by atoms with Gasteiger partial charge in [0.15, 0.2) is 0 Å². The molecule has 0 radical (unpaired) electrons. The number of anilines is 1. The van der Waals surface area contributed by atoms with Crippen molar-refractivity contribution in [2.24, 2.45) is 11.8 Å². The highest BCUT2D eigenvalue weighted by atomic mass is 79.9. The number of aliphatic hydroxyl groups excluding tert-OH is 1. The molecule has 8 nitrogen and oxygen atoms in total. The van der Waals surface area contributed by atoms with Gasteiger partial charge in [0.2, 0.25) is 5.91 Å². The molecule has 2 amide bonds. The number of aliphatic hydroxyl groups is 1. The maximum atomic E-state index is 15.0. The molecule has 3 heterocycles. The minimum atomic E-state index is -1.30. The zero-order valence-corrected chi connectivity index (χ0v) is 26.6. The van der Waals surface area contributed by atoms with Crippen molar-refractivity contribution in [3.05, 3.63) is 104 Å². The number of amides is 2. The fraction of sp³-hybridized carbons (Fsp3) is 0.361. The lowest BCUT2D eigenvalue weighted by Crippen LogP contribution is -2.59. The SMILES string of the molecule is C=CCCOC(=O)[C@H]1[C@H]2C(=O)N([C@@H](CO)Cc3ccccc3)C(C(=O)N(CC=C)c3ccc4ccccc4c3)C23CC(Br)[C@@H]1O3. The molecule has 3 aliphatic heterocycles. The molecule has 9 heteroatoms. The molecule has 2 bridgehead atoms. The van der Waals surface area contributed by atoms with Crippen molar-refractivity contribution in [1.29, 1.82) is 0 Å². The van der Waals surface area contributed by atoms with E-state index in [0.717, 1.165) is 16.3 Å². The summed E-state index contributed by atoms with van der Waals surface area (Å²) in [4.78, 5) is 46.0.